The molecule has 6 heteroatoms. The van der Waals surface area contributed by atoms with Crippen molar-refractivity contribution < 1.29 is 14.3 Å². The molecule has 0 saturated carbocycles. The summed E-state index contributed by atoms with van der Waals surface area (Å²) >= 11 is 0. The van der Waals surface area contributed by atoms with Crippen molar-refractivity contribution in [3.8, 4) is 11.5 Å². The largest absolute Gasteiger partial charge is 0.493 e. The number of carbonyl (C=O) groups excluding carboxylic acids is 1. The maximum absolute atomic E-state index is 11.7. The summed E-state index contributed by atoms with van der Waals surface area (Å²) in [4.78, 5) is 15.9. The third-order valence-electron chi connectivity index (χ3n) is 2.46. The van der Waals surface area contributed by atoms with E-state index in [1.54, 1.807) is 26.5 Å². The summed E-state index contributed by atoms with van der Waals surface area (Å²) in [5, 5.41) is 5.92. The van der Waals surface area contributed by atoms with Gasteiger partial charge in [0.1, 0.15) is 0 Å². The summed E-state index contributed by atoms with van der Waals surface area (Å²) in [7, 11) is 3.14. The number of amides is 1. The summed E-state index contributed by atoms with van der Waals surface area (Å²) in [6.45, 7) is 6.48. The first-order valence-corrected chi connectivity index (χ1v) is 6.45. The molecule has 6 nitrogen and oxygen atoms in total. The summed E-state index contributed by atoms with van der Waals surface area (Å²) < 4.78 is 10.5. The number of ether oxygens (including phenoxy) is 2. The minimum atomic E-state index is -0.231. The monoisotopic (exact) mass is 281 g/mol. The van der Waals surface area contributed by atoms with Gasteiger partial charge in [-0.1, -0.05) is 0 Å². The van der Waals surface area contributed by atoms with Crippen molar-refractivity contribution in [3.05, 3.63) is 18.0 Å². The van der Waals surface area contributed by atoms with Crippen molar-refractivity contribution in [1.82, 2.24) is 15.6 Å². The highest BCUT2D eigenvalue weighted by atomic mass is 16.5. The maximum atomic E-state index is 11.7. The van der Waals surface area contributed by atoms with E-state index in [2.05, 4.69) is 15.6 Å². The van der Waals surface area contributed by atoms with Gasteiger partial charge < -0.3 is 20.1 Å². The van der Waals surface area contributed by atoms with E-state index in [-0.39, 0.29) is 18.0 Å². The number of rotatable bonds is 6. The summed E-state index contributed by atoms with van der Waals surface area (Å²) in [5.74, 6) is 1.15. The average molecular weight is 281 g/mol. The molecule has 0 spiro atoms. The first-order valence-electron chi connectivity index (χ1n) is 6.45. The number of hydrogen-bond acceptors (Lipinski definition) is 5. The SMILES string of the molecule is COc1ccnc(CNCC(=O)NC(C)(C)C)c1OC. The number of pyridine rings is 1. The summed E-state index contributed by atoms with van der Waals surface area (Å²) in [5.41, 5.74) is 0.473. The Labute approximate surface area is 119 Å². The second-order valence-corrected chi connectivity index (χ2v) is 5.39. The zero-order valence-corrected chi connectivity index (χ0v) is 12.7. The van der Waals surface area contributed by atoms with E-state index in [4.69, 9.17) is 9.47 Å². The standard InChI is InChI=1S/C14H23N3O3/c1-14(2,3)17-12(18)9-15-8-10-13(20-5)11(19-4)6-7-16-10/h6-7,15H,8-9H2,1-5H3,(H,17,18). The van der Waals surface area contributed by atoms with Gasteiger partial charge in [-0.2, -0.15) is 0 Å². The lowest BCUT2D eigenvalue weighted by atomic mass is 10.1. The fourth-order valence-electron chi connectivity index (χ4n) is 1.73. The van der Waals surface area contributed by atoms with E-state index in [1.807, 2.05) is 20.8 Å². The van der Waals surface area contributed by atoms with Gasteiger partial charge in [0.15, 0.2) is 11.5 Å². The van der Waals surface area contributed by atoms with E-state index in [0.717, 1.165) is 0 Å². The van der Waals surface area contributed by atoms with Crippen molar-refractivity contribution >= 4 is 5.91 Å². The molecule has 1 amide bonds. The van der Waals surface area contributed by atoms with E-state index >= 15 is 0 Å². The van der Waals surface area contributed by atoms with Crippen molar-refractivity contribution in [2.24, 2.45) is 0 Å². The van der Waals surface area contributed by atoms with Crippen LogP contribution in [0.1, 0.15) is 26.5 Å². The molecule has 112 valence electrons. The molecule has 0 atom stereocenters. The summed E-state index contributed by atoms with van der Waals surface area (Å²) in [6.07, 6.45) is 1.65. The average Bonchev–Trinajstić information content (AvgIpc) is 2.36. The molecule has 0 unspecified atom stereocenters. The predicted molar refractivity (Wildman–Crippen MR) is 76.9 cm³/mol. The van der Waals surface area contributed by atoms with Crippen LogP contribution < -0.4 is 20.1 Å². The predicted octanol–water partition coefficient (Wildman–Crippen LogP) is 1.10. The molecule has 0 saturated heterocycles. The molecule has 0 fully saturated rings. The Balaban J connectivity index is 2.56. The van der Waals surface area contributed by atoms with Crippen LogP contribution in [0.4, 0.5) is 0 Å². The van der Waals surface area contributed by atoms with Gasteiger partial charge in [-0.05, 0) is 20.8 Å². The number of carbonyl (C=O) groups is 1. The van der Waals surface area contributed by atoms with Crippen molar-refractivity contribution in [2.45, 2.75) is 32.9 Å². The van der Waals surface area contributed by atoms with E-state index in [9.17, 15) is 4.79 Å². The van der Waals surface area contributed by atoms with Crippen LogP contribution in [0.2, 0.25) is 0 Å². The van der Waals surface area contributed by atoms with Crippen LogP contribution in [0.3, 0.4) is 0 Å². The quantitative estimate of drug-likeness (QED) is 0.817. The van der Waals surface area contributed by atoms with Crippen LogP contribution >= 0.6 is 0 Å². The highest BCUT2D eigenvalue weighted by Crippen LogP contribution is 2.28. The maximum Gasteiger partial charge on any atom is 0.234 e. The molecule has 1 rings (SSSR count). The van der Waals surface area contributed by atoms with Crippen LogP contribution in [0, 0.1) is 0 Å². The Morgan fingerprint density at radius 1 is 1.30 bits per heavy atom. The molecule has 1 aromatic rings. The van der Waals surface area contributed by atoms with Crippen molar-refractivity contribution in [1.29, 1.82) is 0 Å². The van der Waals surface area contributed by atoms with Crippen LogP contribution in [-0.2, 0) is 11.3 Å². The number of methoxy groups -OCH3 is 2. The van der Waals surface area contributed by atoms with Crippen LogP contribution in [0.5, 0.6) is 11.5 Å². The van der Waals surface area contributed by atoms with Gasteiger partial charge in [0, 0.05) is 24.3 Å². The zero-order valence-electron chi connectivity index (χ0n) is 12.7. The van der Waals surface area contributed by atoms with Gasteiger partial charge in [-0.15, -0.1) is 0 Å². The van der Waals surface area contributed by atoms with Gasteiger partial charge in [-0.3, -0.25) is 9.78 Å². The topological polar surface area (TPSA) is 72.5 Å². The minimum absolute atomic E-state index is 0.0561. The first kappa shape index (κ1) is 16.2. The third kappa shape index (κ3) is 5.05. The molecule has 1 aromatic heterocycles. The normalized spacial score (nSPS) is 11.1. The van der Waals surface area contributed by atoms with Gasteiger partial charge in [-0.25, -0.2) is 0 Å². The lowest BCUT2D eigenvalue weighted by molar-refractivity contribution is -0.121. The van der Waals surface area contributed by atoms with Crippen LogP contribution in [0.15, 0.2) is 12.3 Å². The van der Waals surface area contributed by atoms with Gasteiger partial charge in [0.2, 0.25) is 5.91 Å². The molecule has 0 aromatic carbocycles. The van der Waals surface area contributed by atoms with Gasteiger partial charge >= 0.3 is 0 Å². The zero-order chi connectivity index (χ0) is 15.2. The highest BCUT2D eigenvalue weighted by Gasteiger charge is 2.14. The van der Waals surface area contributed by atoms with E-state index < -0.39 is 0 Å². The van der Waals surface area contributed by atoms with E-state index in [1.165, 1.54) is 0 Å². The second kappa shape index (κ2) is 7.09. The second-order valence-electron chi connectivity index (χ2n) is 5.39. The fourth-order valence-corrected chi connectivity index (χ4v) is 1.73. The number of nitrogens with zero attached hydrogens (tertiary/aromatic N) is 1. The van der Waals surface area contributed by atoms with Gasteiger partial charge in [0.05, 0.1) is 26.5 Å². The molecular weight excluding hydrogens is 258 g/mol. The molecule has 0 aliphatic rings. The Morgan fingerprint density at radius 3 is 2.55 bits per heavy atom. The Hall–Kier alpha value is -1.82. The molecule has 0 bridgehead atoms. The smallest absolute Gasteiger partial charge is 0.234 e. The van der Waals surface area contributed by atoms with Crippen LogP contribution in [-0.4, -0.2) is 37.2 Å². The summed E-state index contributed by atoms with van der Waals surface area (Å²) in [6, 6.07) is 1.73. The molecule has 1 heterocycles. The number of hydrogen-bond donors (Lipinski definition) is 2. The van der Waals surface area contributed by atoms with Gasteiger partial charge in [0.25, 0.3) is 0 Å². The first-order chi connectivity index (χ1) is 9.37. The lowest BCUT2D eigenvalue weighted by Crippen LogP contribution is -2.44. The van der Waals surface area contributed by atoms with E-state index in [0.29, 0.717) is 23.7 Å². The van der Waals surface area contributed by atoms with Crippen molar-refractivity contribution in [2.75, 3.05) is 20.8 Å². The Kier molecular flexibility index (Phi) is 5.76. The Bertz CT molecular complexity index is 455. The fraction of sp³-hybridized carbons (Fsp3) is 0.571. The molecule has 2 N–H and O–H groups in total. The third-order valence-corrected chi connectivity index (χ3v) is 2.46. The Morgan fingerprint density at radius 2 is 2.00 bits per heavy atom. The van der Waals surface area contributed by atoms with Crippen LogP contribution in [0.25, 0.3) is 0 Å². The molecule has 0 radical (unpaired) electrons. The number of nitrogens with one attached hydrogen (secondary N) is 2. The van der Waals surface area contributed by atoms with Crippen molar-refractivity contribution in [3.63, 3.8) is 0 Å². The molecule has 0 aliphatic carbocycles. The molecular formula is C14H23N3O3. The molecule has 0 aliphatic heterocycles. The lowest BCUT2D eigenvalue weighted by Gasteiger charge is -2.20. The molecule has 20 heavy (non-hydrogen) atoms. The number of aromatic nitrogens is 1. The minimum Gasteiger partial charge on any atom is -0.493 e. The highest BCUT2D eigenvalue weighted by molar-refractivity contribution is 5.78.